The van der Waals surface area contributed by atoms with Crippen molar-refractivity contribution in [3.8, 4) is 0 Å². The molecule has 0 heterocycles. The summed E-state index contributed by atoms with van der Waals surface area (Å²) in [6.07, 6.45) is 0.619. The number of hydrogen-bond acceptors (Lipinski definition) is 3. The van der Waals surface area contributed by atoms with E-state index in [4.69, 9.17) is 5.73 Å². The third-order valence-electron chi connectivity index (χ3n) is 3.61. The van der Waals surface area contributed by atoms with Gasteiger partial charge in [0.2, 0.25) is 5.91 Å². The van der Waals surface area contributed by atoms with Crippen LogP contribution in [0.15, 0.2) is 54.6 Å². The highest BCUT2D eigenvalue weighted by atomic mass is 35.5. The summed E-state index contributed by atoms with van der Waals surface area (Å²) in [4.78, 5) is 14.1. The number of nitrogens with one attached hydrogen (secondary N) is 1. The molecule has 132 valence electrons. The van der Waals surface area contributed by atoms with E-state index in [1.54, 1.807) is 0 Å². The number of nitrogens with zero attached hydrogens (tertiary/aromatic N) is 1. The maximum Gasteiger partial charge on any atom is 0.241 e. The molecule has 2 aromatic rings. The molecule has 24 heavy (non-hydrogen) atoms. The predicted molar refractivity (Wildman–Crippen MR) is 106 cm³/mol. The minimum Gasteiger partial charge on any atom is -0.369 e. The summed E-state index contributed by atoms with van der Waals surface area (Å²) in [6.45, 7) is 2.67. The lowest BCUT2D eigenvalue weighted by molar-refractivity contribution is -0.117. The van der Waals surface area contributed by atoms with Crippen molar-refractivity contribution in [1.82, 2.24) is 0 Å². The molecule has 0 aliphatic heterocycles. The summed E-state index contributed by atoms with van der Waals surface area (Å²) in [5.41, 5.74) is 8.77. The van der Waals surface area contributed by atoms with Gasteiger partial charge in [-0.25, -0.2) is 0 Å². The highest BCUT2D eigenvalue weighted by Gasteiger charge is 2.14. The first kappa shape index (κ1) is 22.2. The normalized spacial score (nSPS) is 10.8. The van der Waals surface area contributed by atoms with Crippen molar-refractivity contribution < 1.29 is 4.79 Å². The quantitative estimate of drug-likeness (QED) is 0.812. The molecule has 0 saturated heterocycles. The Morgan fingerprint density at radius 1 is 1.08 bits per heavy atom. The second-order valence-corrected chi connectivity index (χ2v) is 5.36. The Morgan fingerprint density at radius 2 is 1.67 bits per heavy atom. The average molecular weight is 370 g/mol. The molecule has 1 atom stereocenters. The van der Waals surface area contributed by atoms with Gasteiger partial charge in [0, 0.05) is 13.6 Å². The van der Waals surface area contributed by atoms with Gasteiger partial charge in [0.25, 0.3) is 0 Å². The molecule has 2 rings (SSSR count). The number of carbonyl (C=O) groups excluding carboxylic acids is 1. The number of amides is 1. The Kier molecular flexibility index (Phi) is 10.1. The van der Waals surface area contributed by atoms with Crippen LogP contribution < -0.4 is 16.0 Å². The highest BCUT2D eigenvalue weighted by molar-refractivity contribution is 5.97. The maximum absolute atomic E-state index is 12.0. The number of carbonyl (C=O) groups is 1. The SMILES string of the molecule is CC[C@H](N)C(=O)Nc1ccccc1N(C)Cc1ccccc1.Cl.Cl. The molecule has 0 aliphatic rings. The van der Waals surface area contributed by atoms with Gasteiger partial charge < -0.3 is 16.0 Å². The van der Waals surface area contributed by atoms with E-state index in [0.717, 1.165) is 17.9 Å². The van der Waals surface area contributed by atoms with Crippen molar-refractivity contribution in [2.75, 3.05) is 17.3 Å². The fraction of sp³-hybridized carbons (Fsp3) is 0.278. The molecule has 4 nitrogen and oxygen atoms in total. The van der Waals surface area contributed by atoms with Gasteiger partial charge in [0.05, 0.1) is 17.4 Å². The highest BCUT2D eigenvalue weighted by Crippen LogP contribution is 2.26. The zero-order valence-corrected chi connectivity index (χ0v) is 15.6. The fourth-order valence-corrected chi connectivity index (χ4v) is 2.27. The zero-order valence-electron chi connectivity index (χ0n) is 13.9. The van der Waals surface area contributed by atoms with Crippen molar-refractivity contribution in [3.63, 3.8) is 0 Å². The smallest absolute Gasteiger partial charge is 0.241 e. The number of para-hydroxylation sites is 2. The lowest BCUT2D eigenvalue weighted by atomic mass is 10.1. The Hall–Kier alpha value is -1.75. The van der Waals surface area contributed by atoms with Gasteiger partial charge in [0.15, 0.2) is 0 Å². The van der Waals surface area contributed by atoms with Crippen LogP contribution in [0.3, 0.4) is 0 Å². The molecule has 1 amide bonds. The van der Waals surface area contributed by atoms with Gasteiger partial charge in [-0.15, -0.1) is 24.8 Å². The van der Waals surface area contributed by atoms with Crippen LogP contribution in [0.5, 0.6) is 0 Å². The standard InChI is InChI=1S/C18H23N3O.2ClH/c1-3-15(19)18(22)20-16-11-7-8-12-17(16)21(2)13-14-9-5-4-6-10-14;;/h4-12,15H,3,13,19H2,1-2H3,(H,20,22);2*1H/t15-;;/m0../s1. The minimum absolute atomic E-state index is 0. The predicted octanol–water partition coefficient (Wildman–Crippen LogP) is 3.84. The van der Waals surface area contributed by atoms with Gasteiger partial charge >= 0.3 is 0 Å². The molecule has 0 saturated carbocycles. The number of nitrogens with two attached hydrogens (primary N) is 1. The lowest BCUT2D eigenvalue weighted by Gasteiger charge is -2.23. The molecular weight excluding hydrogens is 345 g/mol. The van der Waals surface area contributed by atoms with Gasteiger partial charge in [-0.1, -0.05) is 49.4 Å². The van der Waals surface area contributed by atoms with Crippen molar-refractivity contribution in [2.45, 2.75) is 25.9 Å². The Bertz CT molecular complexity index is 623. The van der Waals surface area contributed by atoms with Gasteiger partial charge in [-0.05, 0) is 24.1 Å². The summed E-state index contributed by atoms with van der Waals surface area (Å²) < 4.78 is 0. The van der Waals surface area contributed by atoms with E-state index >= 15 is 0 Å². The summed E-state index contributed by atoms with van der Waals surface area (Å²) in [7, 11) is 2.01. The molecule has 0 aromatic heterocycles. The minimum atomic E-state index is -0.479. The molecule has 6 heteroatoms. The summed E-state index contributed by atoms with van der Waals surface area (Å²) in [6, 6.07) is 17.5. The molecular formula is C18H25Cl2N3O. The lowest BCUT2D eigenvalue weighted by Crippen LogP contribution is -2.35. The van der Waals surface area contributed by atoms with Crippen molar-refractivity contribution in [2.24, 2.45) is 5.73 Å². The van der Waals surface area contributed by atoms with Crippen molar-refractivity contribution in [3.05, 3.63) is 60.2 Å². The number of anilines is 2. The third kappa shape index (κ3) is 6.04. The number of hydrogen-bond donors (Lipinski definition) is 2. The van der Waals surface area contributed by atoms with E-state index in [1.807, 2.05) is 56.4 Å². The number of halogens is 2. The first-order valence-corrected chi connectivity index (χ1v) is 7.52. The molecule has 0 aliphatic carbocycles. The number of rotatable bonds is 6. The Labute approximate surface area is 156 Å². The van der Waals surface area contributed by atoms with Gasteiger partial charge in [-0.2, -0.15) is 0 Å². The van der Waals surface area contributed by atoms with Crippen molar-refractivity contribution in [1.29, 1.82) is 0 Å². The molecule has 0 fully saturated rings. The zero-order chi connectivity index (χ0) is 15.9. The molecule has 0 unspecified atom stereocenters. The van der Waals surface area contributed by atoms with E-state index < -0.39 is 6.04 Å². The molecule has 0 bridgehead atoms. The topological polar surface area (TPSA) is 58.4 Å². The second-order valence-electron chi connectivity index (χ2n) is 5.36. The van der Waals surface area contributed by atoms with E-state index in [9.17, 15) is 4.79 Å². The van der Waals surface area contributed by atoms with E-state index in [-0.39, 0.29) is 30.7 Å². The Balaban J connectivity index is 0.00000264. The summed E-state index contributed by atoms with van der Waals surface area (Å²) in [5.74, 6) is -0.150. The second kappa shape index (κ2) is 10.9. The fourth-order valence-electron chi connectivity index (χ4n) is 2.27. The van der Waals surface area contributed by atoms with E-state index in [1.165, 1.54) is 5.56 Å². The van der Waals surface area contributed by atoms with Crippen LogP contribution in [0, 0.1) is 0 Å². The van der Waals surface area contributed by atoms with Crippen LogP contribution in [-0.2, 0) is 11.3 Å². The molecule has 3 N–H and O–H groups in total. The van der Waals surface area contributed by atoms with Crippen molar-refractivity contribution >= 4 is 42.1 Å². The first-order chi connectivity index (χ1) is 10.6. The Morgan fingerprint density at radius 3 is 2.29 bits per heavy atom. The van der Waals surface area contributed by atoms with Gasteiger partial charge in [0.1, 0.15) is 0 Å². The van der Waals surface area contributed by atoms with E-state index in [0.29, 0.717) is 6.42 Å². The monoisotopic (exact) mass is 369 g/mol. The van der Waals surface area contributed by atoms with Crippen LogP contribution in [0.2, 0.25) is 0 Å². The molecule has 0 spiro atoms. The van der Waals surface area contributed by atoms with Gasteiger partial charge in [-0.3, -0.25) is 4.79 Å². The third-order valence-corrected chi connectivity index (χ3v) is 3.61. The van der Waals surface area contributed by atoms with Crippen LogP contribution in [0.4, 0.5) is 11.4 Å². The van der Waals surface area contributed by atoms with Crippen LogP contribution in [0.1, 0.15) is 18.9 Å². The number of benzene rings is 2. The van der Waals surface area contributed by atoms with Crippen LogP contribution in [0.25, 0.3) is 0 Å². The molecule has 0 radical (unpaired) electrons. The maximum atomic E-state index is 12.0. The molecule has 2 aromatic carbocycles. The first-order valence-electron chi connectivity index (χ1n) is 7.52. The van der Waals surface area contributed by atoms with Crippen LogP contribution >= 0.6 is 24.8 Å². The van der Waals surface area contributed by atoms with Crippen LogP contribution in [-0.4, -0.2) is 19.0 Å². The average Bonchev–Trinajstić information content (AvgIpc) is 2.55. The largest absolute Gasteiger partial charge is 0.369 e. The van der Waals surface area contributed by atoms with E-state index in [2.05, 4.69) is 22.3 Å². The summed E-state index contributed by atoms with van der Waals surface area (Å²) in [5, 5.41) is 2.92. The summed E-state index contributed by atoms with van der Waals surface area (Å²) >= 11 is 0.